The van der Waals surface area contributed by atoms with Crippen LogP contribution in [0, 0.1) is 13.8 Å². The molecule has 9 heteroatoms. The number of pyridine rings is 2. The molecule has 5 aromatic rings. The molecule has 3 heterocycles. The number of nitrogens with one attached hydrogen (secondary N) is 1. The van der Waals surface area contributed by atoms with Crippen molar-refractivity contribution in [2.45, 2.75) is 20.4 Å². The van der Waals surface area contributed by atoms with Crippen molar-refractivity contribution >= 4 is 34.2 Å². The summed E-state index contributed by atoms with van der Waals surface area (Å²) in [6.45, 7) is 3.73. The number of anilines is 1. The summed E-state index contributed by atoms with van der Waals surface area (Å²) in [5.74, 6) is 0.144. The van der Waals surface area contributed by atoms with Crippen LogP contribution in [-0.4, -0.2) is 25.6 Å². The van der Waals surface area contributed by atoms with E-state index >= 15 is 0 Å². The maximum atomic E-state index is 13.3. The van der Waals surface area contributed by atoms with Crippen LogP contribution >= 0.6 is 11.6 Å². The monoisotopic (exact) mass is 485 g/mol. The molecule has 1 amide bonds. The smallest absolute Gasteiger partial charge is 0.263 e. The summed E-state index contributed by atoms with van der Waals surface area (Å²) in [5, 5.41) is 7.79. The summed E-state index contributed by atoms with van der Waals surface area (Å²) in [4.78, 5) is 35.1. The molecule has 5 rings (SSSR count). The Hall–Kier alpha value is -4.30. The summed E-state index contributed by atoms with van der Waals surface area (Å²) < 4.78 is 7.06. The van der Waals surface area contributed by atoms with Gasteiger partial charge >= 0.3 is 0 Å². The van der Waals surface area contributed by atoms with E-state index in [1.54, 1.807) is 41.0 Å². The van der Waals surface area contributed by atoms with Gasteiger partial charge < -0.3 is 14.4 Å². The second-order valence-electron chi connectivity index (χ2n) is 8.17. The number of aromatic nitrogens is 4. The lowest BCUT2D eigenvalue weighted by Crippen LogP contribution is -2.22. The predicted molar refractivity (Wildman–Crippen MR) is 134 cm³/mol. The van der Waals surface area contributed by atoms with Gasteiger partial charge in [-0.2, -0.15) is 4.98 Å². The highest BCUT2D eigenvalue weighted by molar-refractivity contribution is 6.30. The molecule has 0 saturated carbocycles. The summed E-state index contributed by atoms with van der Waals surface area (Å²) in [7, 11) is 0. The molecule has 2 aromatic carbocycles. The van der Waals surface area contributed by atoms with E-state index in [-0.39, 0.29) is 29.3 Å². The Bertz CT molecular complexity index is 1610. The lowest BCUT2D eigenvalue weighted by molar-refractivity contribution is -0.116. The Kier molecular flexibility index (Phi) is 5.88. The standard InChI is InChI=1S/C26H20ClN5O3/c1-15-3-6-17(7-4-15)24-30-26(35-31-24)21-13-32(25-20(23(21)34)12-5-16(2)28-25)14-22(33)29-19-10-8-18(27)9-11-19/h3-13H,14H2,1-2H3,(H,29,33). The topological polar surface area (TPSA) is 103 Å². The van der Waals surface area contributed by atoms with E-state index in [2.05, 4.69) is 20.4 Å². The van der Waals surface area contributed by atoms with Crippen molar-refractivity contribution in [1.82, 2.24) is 19.7 Å². The number of benzene rings is 2. The van der Waals surface area contributed by atoms with Crippen LogP contribution in [-0.2, 0) is 11.3 Å². The van der Waals surface area contributed by atoms with E-state index in [1.807, 2.05) is 38.1 Å². The van der Waals surface area contributed by atoms with Crippen LogP contribution in [0.3, 0.4) is 0 Å². The number of halogens is 1. The van der Waals surface area contributed by atoms with Crippen molar-refractivity contribution < 1.29 is 9.32 Å². The third-order valence-electron chi connectivity index (χ3n) is 5.47. The third kappa shape index (κ3) is 4.69. The van der Waals surface area contributed by atoms with Crippen LogP contribution < -0.4 is 10.7 Å². The zero-order chi connectivity index (χ0) is 24.5. The normalized spacial score (nSPS) is 11.1. The number of carbonyl (C=O) groups is 1. The average Bonchev–Trinajstić information content (AvgIpc) is 3.33. The van der Waals surface area contributed by atoms with Crippen LogP contribution in [0.1, 0.15) is 11.3 Å². The minimum absolute atomic E-state index is 0.0694. The minimum atomic E-state index is -0.305. The number of aryl methyl sites for hydroxylation is 2. The van der Waals surface area contributed by atoms with E-state index < -0.39 is 0 Å². The molecule has 0 bridgehead atoms. The van der Waals surface area contributed by atoms with E-state index in [9.17, 15) is 9.59 Å². The molecule has 35 heavy (non-hydrogen) atoms. The van der Waals surface area contributed by atoms with Gasteiger partial charge in [-0.3, -0.25) is 9.59 Å². The summed E-state index contributed by atoms with van der Waals surface area (Å²) in [6.07, 6.45) is 1.53. The van der Waals surface area contributed by atoms with Gasteiger partial charge in [0.15, 0.2) is 0 Å². The molecule has 3 aromatic heterocycles. The van der Waals surface area contributed by atoms with Gasteiger partial charge in [0.25, 0.3) is 5.89 Å². The van der Waals surface area contributed by atoms with E-state index in [4.69, 9.17) is 16.1 Å². The molecule has 0 fully saturated rings. The highest BCUT2D eigenvalue weighted by Crippen LogP contribution is 2.23. The quantitative estimate of drug-likeness (QED) is 0.375. The number of nitrogens with zero attached hydrogens (tertiary/aromatic N) is 4. The highest BCUT2D eigenvalue weighted by atomic mass is 35.5. The first kappa shape index (κ1) is 22.5. The van der Waals surface area contributed by atoms with Crippen molar-refractivity contribution in [3.05, 3.63) is 93.4 Å². The number of amides is 1. The highest BCUT2D eigenvalue weighted by Gasteiger charge is 2.19. The SMILES string of the molecule is Cc1ccc(-c2noc(-c3cn(CC(=O)Nc4ccc(Cl)cc4)c4nc(C)ccc4c3=O)n2)cc1. The van der Waals surface area contributed by atoms with E-state index in [0.717, 1.165) is 16.8 Å². The van der Waals surface area contributed by atoms with Crippen molar-refractivity contribution in [2.75, 3.05) is 5.32 Å². The molecule has 0 spiro atoms. The van der Waals surface area contributed by atoms with Crippen molar-refractivity contribution in [3.63, 3.8) is 0 Å². The molecule has 1 N–H and O–H groups in total. The second kappa shape index (κ2) is 9.15. The van der Waals surface area contributed by atoms with Gasteiger partial charge in [0.1, 0.15) is 17.8 Å². The molecular weight excluding hydrogens is 466 g/mol. The number of carbonyl (C=O) groups excluding carboxylic acids is 1. The molecule has 0 aliphatic rings. The lowest BCUT2D eigenvalue weighted by Gasteiger charge is -2.12. The van der Waals surface area contributed by atoms with Gasteiger partial charge in [0, 0.05) is 28.2 Å². The number of rotatable bonds is 5. The molecule has 0 radical (unpaired) electrons. The van der Waals surface area contributed by atoms with Gasteiger partial charge in [0.2, 0.25) is 17.2 Å². The molecule has 0 aliphatic carbocycles. The van der Waals surface area contributed by atoms with Crippen LogP contribution in [0.15, 0.2) is 76.2 Å². The Labute approximate surface area is 205 Å². The Morgan fingerprint density at radius 3 is 2.49 bits per heavy atom. The number of hydrogen-bond acceptors (Lipinski definition) is 6. The van der Waals surface area contributed by atoms with Gasteiger partial charge in [-0.15, -0.1) is 0 Å². The maximum Gasteiger partial charge on any atom is 0.263 e. The van der Waals surface area contributed by atoms with Gasteiger partial charge in [-0.25, -0.2) is 4.98 Å². The third-order valence-corrected chi connectivity index (χ3v) is 5.72. The van der Waals surface area contributed by atoms with Gasteiger partial charge in [-0.1, -0.05) is 46.6 Å². The first-order valence-corrected chi connectivity index (χ1v) is 11.2. The summed E-state index contributed by atoms with van der Waals surface area (Å²) in [5.41, 5.74) is 3.48. The van der Waals surface area contributed by atoms with Crippen molar-refractivity contribution in [2.24, 2.45) is 0 Å². The van der Waals surface area contributed by atoms with Gasteiger partial charge in [-0.05, 0) is 50.2 Å². The largest absolute Gasteiger partial charge is 0.333 e. The van der Waals surface area contributed by atoms with Crippen molar-refractivity contribution in [3.8, 4) is 22.8 Å². The van der Waals surface area contributed by atoms with Crippen LogP contribution in [0.25, 0.3) is 33.9 Å². The van der Waals surface area contributed by atoms with Crippen LogP contribution in [0.4, 0.5) is 5.69 Å². The van der Waals surface area contributed by atoms with Crippen LogP contribution in [0.5, 0.6) is 0 Å². The van der Waals surface area contributed by atoms with E-state index in [1.165, 1.54) is 6.20 Å². The molecule has 0 saturated heterocycles. The molecular formula is C26H20ClN5O3. The van der Waals surface area contributed by atoms with Crippen molar-refractivity contribution in [1.29, 1.82) is 0 Å². The molecule has 8 nitrogen and oxygen atoms in total. The average molecular weight is 486 g/mol. The number of fused-ring (bicyclic) bond motifs is 1. The maximum absolute atomic E-state index is 13.3. The zero-order valence-corrected chi connectivity index (χ0v) is 19.7. The zero-order valence-electron chi connectivity index (χ0n) is 18.9. The Morgan fingerprint density at radius 1 is 1.00 bits per heavy atom. The second-order valence-corrected chi connectivity index (χ2v) is 8.60. The van der Waals surface area contributed by atoms with Gasteiger partial charge in [0.05, 0.1) is 5.39 Å². The fourth-order valence-electron chi connectivity index (χ4n) is 3.67. The molecule has 0 unspecified atom stereocenters. The fraction of sp³-hybridized carbons (Fsp3) is 0.115. The first-order valence-electron chi connectivity index (χ1n) is 10.8. The van der Waals surface area contributed by atoms with Crippen LogP contribution in [0.2, 0.25) is 5.02 Å². The first-order chi connectivity index (χ1) is 16.9. The predicted octanol–water partition coefficient (Wildman–Crippen LogP) is 5.02. The molecule has 0 aliphatic heterocycles. The molecule has 0 atom stereocenters. The Morgan fingerprint density at radius 2 is 1.74 bits per heavy atom. The summed E-state index contributed by atoms with van der Waals surface area (Å²) >= 11 is 5.92. The Balaban J connectivity index is 1.54. The number of hydrogen-bond donors (Lipinski definition) is 1. The van der Waals surface area contributed by atoms with E-state index in [0.29, 0.717) is 27.6 Å². The minimum Gasteiger partial charge on any atom is -0.333 e. The fourth-order valence-corrected chi connectivity index (χ4v) is 3.80. The lowest BCUT2D eigenvalue weighted by atomic mass is 10.1. The molecule has 174 valence electrons. The summed E-state index contributed by atoms with van der Waals surface area (Å²) in [6, 6.07) is 17.9.